The number of hydrogen-bond donors (Lipinski definition) is 2. The maximum absolute atomic E-state index is 12.1. The highest BCUT2D eigenvalue weighted by Crippen LogP contribution is 2.34. The SMILES string of the molecule is Cc1ccc(N)c(N2CC(CS(N)(=O)=O)CC2=O)c1C. The van der Waals surface area contributed by atoms with Crippen molar-refractivity contribution in [2.45, 2.75) is 20.3 Å². The van der Waals surface area contributed by atoms with Gasteiger partial charge in [-0.3, -0.25) is 4.79 Å². The Labute approximate surface area is 118 Å². The minimum atomic E-state index is -3.58. The highest BCUT2D eigenvalue weighted by molar-refractivity contribution is 7.89. The van der Waals surface area contributed by atoms with Gasteiger partial charge in [-0.05, 0) is 31.0 Å². The van der Waals surface area contributed by atoms with Crippen LogP contribution >= 0.6 is 0 Å². The molecule has 20 heavy (non-hydrogen) atoms. The van der Waals surface area contributed by atoms with Crippen molar-refractivity contribution in [3.05, 3.63) is 23.3 Å². The summed E-state index contributed by atoms with van der Waals surface area (Å²) < 4.78 is 22.3. The van der Waals surface area contributed by atoms with Crippen molar-refractivity contribution in [3.63, 3.8) is 0 Å². The number of amides is 1. The molecule has 6 nitrogen and oxygen atoms in total. The Hall–Kier alpha value is -1.60. The van der Waals surface area contributed by atoms with Crippen LogP contribution in [-0.4, -0.2) is 26.6 Å². The molecule has 1 aliphatic rings. The van der Waals surface area contributed by atoms with E-state index in [0.29, 0.717) is 17.9 Å². The van der Waals surface area contributed by atoms with Gasteiger partial charge < -0.3 is 10.6 Å². The first-order valence-electron chi connectivity index (χ1n) is 6.35. The van der Waals surface area contributed by atoms with Crippen molar-refractivity contribution < 1.29 is 13.2 Å². The summed E-state index contributed by atoms with van der Waals surface area (Å²) in [5, 5.41) is 5.05. The maximum Gasteiger partial charge on any atom is 0.227 e. The van der Waals surface area contributed by atoms with Crippen molar-refractivity contribution in [2.24, 2.45) is 11.1 Å². The number of benzene rings is 1. The van der Waals surface area contributed by atoms with Gasteiger partial charge in [0.25, 0.3) is 0 Å². The van der Waals surface area contributed by atoms with Crippen LogP contribution in [0.15, 0.2) is 12.1 Å². The summed E-state index contributed by atoms with van der Waals surface area (Å²) in [5.41, 5.74) is 9.16. The number of nitrogen functional groups attached to an aromatic ring is 1. The minimum Gasteiger partial charge on any atom is -0.397 e. The number of anilines is 2. The summed E-state index contributed by atoms with van der Waals surface area (Å²) in [6, 6.07) is 3.66. The summed E-state index contributed by atoms with van der Waals surface area (Å²) in [4.78, 5) is 13.7. The van der Waals surface area contributed by atoms with Gasteiger partial charge in [0, 0.05) is 18.9 Å². The molecule has 1 fully saturated rings. The number of carbonyl (C=O) groups excluding carboxylic acids is 1. The summed E-state index contributed by atoms with van der Waals surface area (Å²) in [6.07, 6.45) is 0.184. The molecule has 1 atom stereocenters. The van der Waals surface area contributed by atoms with Crippen LogP contribution in [0.3, 0.4) is 0 Å². The second kappa shape index (κ2) is 5.06. The fourth-order valence-corrected chi connectivity index (χ4v) is 3.50. The molecule has 0 aliphatic carbocycles. The van der Waals surface area contributed by atoms with E-state index in [-0.39, 0.29) is 24.0 Å². The monoisotopic (exact) mass is 297 g/mol. The highest BCUT2D eigenvalue weighted by Gasteiger charge is 2.34. The average Bonchev–Trinajstić information content (AvgIpc) is 2.63. The highest BCUT2D eigenvalue weighted by atomic mass is 32.2. The third kappa shape index (κ3) is 2.94. The Morgan fingerprint density at radius 2 is 2.00 bits per heavy atom. The maximum atomic E-state index is 12.1. The standard InChI is InChI=1S/C13H19N3O3S/c1-8-3-4-11(14)13(9(8)2)16-6-10(5-12(16)17)7-20(15,18)19/h3-4,10H,5-7,14H2,1-2H3,(H2,15,18,19). The fourth-order valence-electron chi connectivity index (χ4n) is 2.62. The molecule has 2 rings (SSSR count). The van der Waals surface area contributed by atoms with Crippen LogP contribution < -0.4 is 15.8 Å². The van der Waals surface area contributed by atoms with E-state index in [1.807, 2.05) is 19.9 Å². The van der Waals surface area contributed by atoms with Gasteiger partial charge in [0.15, 0.2) is 0 Å². The first kappa shape index (κ1) is 14.8. The molecule has 7 heteroatoms. The molecule has 1 unspecified atom stereocenters. The van der Waals surface area contributed by atoms with E-state index in [0.717, 1.165) is 11.1 Å². The van der Waals surface area contributed by atoms with Crippen LogP contribution in [0.1, 0.15) is 17.5 Å². The van der Waals surface area contributed by atoms with Crippen LogP contribution in [0.25, 0.3) is 0 Å². The second-order valence-corrected chi connectivity index (χ2v) is 7.01. The number of nitrogens with two attached hydrogens (primary N) is 2. The van der Waals surface area contributed by atoms with Gasteiger partial charge in [0.1, 0.15) is 0 Å². The lowest BCUT2D eigenvalue weighted by Crippen LogP contribution is -2.28. The number of primary sulfonamides is 1. The van der Waals surface area contributed by atoms with Crippen LogP contribution in [-0.2, 0) is 14.8 Å². The molecular formula is C13H19N3O3S. The van der Waals surface area contributed by atoms with Gasteiger partial charge >= 0.3 is 0 Å². The fraction of sp³-hybridized carbons (Fsp3) is 0.462. The molecule has 1 aromatic rings. The molecule has 1 aliphatic heterocycles. The lowest BCUT2D eigenvalue weighted by atomic mass is 10.1. The van der Waals surface area contributed by atoms with E-state index >= 15 is 0 Å². The molecular weight excluding hydrogens is 278 g/mol. The van der Waals surface area contributed by atoms with E-state index in [1.165, 1.54) is 0 Å². The quantitative estimate of drug-likeness (QED) is 0.793. The topological polar surface area (TPSA) is 106 Å². The number of aryl methyl sites for hydroxylation is 1. The first-order valence-corrected chi connectivity index (χ1v) is 8.07. The predicted molar refractivity (Wildman–Crippen MR) is 78.8 cm³/mol. The molecule has 0 saturated carbocycles. The molecule has 0 spiro atoms. The van der Waals surface area contributed by atoms with Crippen molar-refractivity contribution in [1.29, 1.82) is 0 Å². The number of nitrogens with zero attached hydrogens (tertiary/aromatic N) is 1. The number of carbonyl (C=O) groups is 1. The van der Waals surface area contributed by atoms with Gasteiger partial charge in [0.05, 0.1) is 17.1 Å². The summed E-state index contributed by atoms with van der Waals surface area (Å²) in [7, 11) is -3.58. The summed E-state index contributed by atoms with van der Waals surface area (Å²) >= 11 is 0. The van der Waals surface area contributed by atoms with Gasteiger partial charge in [-0.2, -0.15) is 0 Å². The number of sulfonamides is 1. The second-order valence-electron chi connectivity index (χ2n) is 5.35. The average molecular weight is 297 g/mol. The molecule has 1 aromatic carbocycles. The summed E-state index contributed by atoms with van der Waals surface area (Å²) in [5.74, 6) is -0.573. The smallest absolute Gasteiger partial charge is 0.227 e. The lowest BCUT2D eigenvalue weighted by Gasteiger charge is -2.22. The largest absolute Gasteiger partial charge is 0.397 e. The van der Waals surface area contributed by atoms with Crippen LogP contribution in [0, 0.1) is 19.8 Å². The van der Waals surface area contributed by atoms with Crippen molar-refractivity contribution in [1.82, 2.24) is 0 Å². The van der Waals surface area contributed by atoms with E-state index in [4.69, 9.17) is 10.9 Å². The zero-order chi connectivity index (χ0) is 15.1. The molecule has 0 bridgehead atoms. The van der Waals surface area contributed by atoms with Gasteiger partial charge in [0.2, 0.25) is 15.9 Å². The van der Waals surface area contributed by atoms with Crippen LogP contribution in [0.5, 0.6) is 0 Å². The summed E-state index contributed by atoms with van der Waals surface area (Å²) in [6.45, 7) is 4.19. The third-order valence-corrected chi connectivity index (χ3v) is 4.61. The van der Waals surface area contributed by atoms with E-state index < -0.39 is 10.0 Å². The van der Waals surface area contributed by atoms with Crippen molar-refractivity contribution >= 4 is 27.3 Å². The van der Waals surface area contributed by atoms with Gasteiger partial charge in [-0.1, -0.05) is 6.07 Å². The van der Waals surface area contributed by atoms with Gasteiger partial charge in [-0.25, -0.2) is 13.6 Å². The Morgan fingerprint density at radius 3 is 2.60 bits per heavy atom. The molecule has 0 aromatic heterocycles. The normalized spacial score (nSPS) is 19.6. The zero-order valence-corrected chi connectivity index (χ0v) is 12.4. The lowest BCUT2D eigenvalue weighted by molar-refractivity contribution is -0.117. The Balaban J connectivity index is 2.31. The van der Waals surface area contributed by atoms with Crippen molar-refractivity contribution in [2.75, 3.05) is 22.9 Å². The van der Waals surface area contributed by atoms with E-state index in [2.05, 4.69) is 0 Å². The number of hydrogen-bond acceptors (Lipinski definition) is 4. The Kier molecular flexibility index (Phi) is 3.75. The minimum absolute atomic E-state index is 0.112. The predicted octanol–water partition coefficient (Wildman–Crippen LogP) is 0.527. The van der Waals surface area contributed by atoms with Gasteiger partial charge in [-0.15, -0.1) is 0 Å². The van der Waals surface area contributed by atoms with E-state index in [1.54, 1.807) is 11.0 Å². The third-order valence-electron chi connectivity index (χ3n) is 3.68. The molecule has 1 saturated heterocycles. The first-order chi connectivity index (χ1) is 9.19. The molecule has 0 radical (unpaired) electrons. The van der Waals surface area contributed by atoms with Crippen molar-refractivity contribution in [3.8, 4) is 0 Å². The number of rotatable bonds is 3. The molecule has 1 heterocycles. The van der Waals surface area contributed by atoms with E-state index in [9.17, 15) is 13.2 Å². The molecule has 110 valence electrons. The zero-order valence-electron chi connectivity index (χ0n) is 11.6. The van der Waals surface area contributed by atoms with Crippen LogP contribution in [0.2, 0.25) is 0 Å². The Morgan fingerprint density at radius 1 is 1.35 bits per heavy atom. The van der Waals surface area contributed by atoms with Crippen LogP contribution in [0.4, 0.5) is 11.4 Å². The molecule has 4 N–H and O–H groups in total. The Bertz CT molecular complexity index is 655. The molecule has 1 amide bonds.